The van der Waals surface area contributed by atoms with E-state index in [9.17, 15) is 19.7 Å². The number of hydrogen-bond donors (Lipinski definition) is 3. The van der Waals surface area contributed by atoms with Gasteiger partial charge in [0, 0.05) is 18.2 Å². The van der Waals surface area contributed by atoms with Crippen LogP contribution in [-0.2, 0) is 11.2 Å². The van der Waals surface area contributed by atoms with Gasteiger partial charge in [0.05, 0.1) is 11.3 Å². The van der Waals surface area contributed by atoms with E-state index in [1.54, 1.807) is 0 Å². The molecule has 0 aliphatic carbocycles. The number of aromatic carboxylic acids is 1. The van der Waals surface area contributed by atoms with Crippen molar-refractivity contribution in [3.8, 4) is 0 Å². The molecule has 0 spiro atoms. The second kappa shape index (κ2) is 5.82. The Hall–Kier alpha value is -3.23. The third kappa shape index (κ3) is 3.62. The number of H-pyrrole nitrogens is 1. The molecular weight excluding hydrogens is 280 g/mol. The molecule has 0 aliphatic rings. The Morgan fingerprint density at radius 3 is 2.52 bits per heavy atom. The summed E-state index contributed by atoms with van der Waals surface area (Å²) < 4.78 is 0. The van der Waals surface area contributed by atoms with Crippen LogP contribution in [-0.4, -0.2) is 32.1 Å². The summed E-state index contributed by atoms with van der Waals surface area (Å²) in [7, 11) is 0. The van der Waals surface area contributed by atoms with Crippen molar-refractivity contribution in [2.75, 3.05) is 5.32 Å². The highest BCUT2D eigenvalue weighted by Crippen LogP contribution is 2.13. The molecule has 0 saturated carbocycles. The fourth-order valence-electron chi connectivity index (χ4n) is 1.60. The van der Waals surface area contributed by atoms with Crippen LogP contribution in [0.25, 0.3) is 0 Å². The maximum Gasteiger partial charge on any atom is 0.353 e. The molecule has 3 N–H and O–H groups in total. The number of nitro groups is 1. The van der Waals surface area contributed by atoms with E-state index in [2.05, 4.69) is 15.5 Å². The molecule has 9 heteroatoms. The van der Waals surface area contributed by atoms with Crippen LogP contribution in [0.2, 0.25) is 0 Å². The number of rotatable bonds is 5. The molecule has 0 bridgehead atoms. The first-order valence-electron chi connectivity index (χ1n) is 5.77. The van der Waals surface area contributed by atoms with E-state index in [1.807, 2.05) is 0 Å². The Labute approximate surface area is 117 Å². The van der Waals surface area contributed by atoms with Gasteiger partial charge in [-0.3, -0.25) is 20.0 Å². The number of hydrogen-bond acceptors (Lipinski definition) is 5. The van der Waals surface area contributed by atoms with Crippen molar-refractivity contribution >= 4 is 23.4 Å². The average molecular weight is 290 g/mol. The van der Waals surface area contributed by atoms with Gasteiger partial charge in [0.25, 0.3) is 5.69 Å². The van der Waals surface area contributed by atoms with Crippen LogP contribution in [0.3, 0.4) is 0 Å². The maximum absolute atomic E-state index is 11.7. The predicted molar refractivity (Wildman–Crippen MR) is 71.0 cm³/mol. The molecule has 2 rings (SSSR count). The lowest BCUT2D eigenvalue weighted by Crippen LogP contribution is -2.14. The van der Waals surface area contributed by atoms with Crippen molar-refractivity contribution in [3.05, 3.63) is 51.7 Å². The summed E-state index contributed by atoms with van der Waals surface area (Å²) in [5.74, 6) is -1.50. The number of nitrogens with zero attached hydrogens (tertiary/aromatic N) is 2. The normalized spacial score (nSPS) is 10.1. The Bertz CT molecular complexity index is 692. The molecule has 0 atom stereocenters. The second-order valence-electron chi connectivity index (χ2n) is 4.12. The summed E-state index contributed by atoms with van der Waals surface area (Å²) >= 11 is 0. The number of carbonyl (C=O) groups excluding carboxylic acids is 1. The van der Waals surface area contributed by atoms with Crippen LogP contribution in [0, 0.1) is 10.1 Å². The summed E-state index contributed by atoms with van der Waals surface area (Å²) in [5.41, 5.74) is 0.394. The quantitative estimate of drug-likeness (QED) is 0.558. The monoisotopic (exact) mass is 290 g/mol. The highest BCUT2D eigenvalue weighted by atomic mass is 16.6. The first-order valence-corrected chi connectivity index (χ1v) is 5.77. The standard InChI is InChI=1S/C12H10N4O5/c17-11(13-10-6-9(12(18)19)14-15-10)5-7-1-3-8(4-2-7)16(20)21/h1-4,6H,5H2,(H,18,19)(H2,13,14,15,17). The third-order valence-corrected chi connectivity index (χ3v) is 2.59. The van der Waals surface area contributed by atoms with E-state index in [-0.39, 0.29) is 23.6 Å². The Morgan fingerprint density at radius 1 is 1.33 bits per heavy atom. The van der Waals surface area contributed by atoms with Crippen molar-refractivity contribution in [2.24, 2.45) is 0 Å². The summed E-state index contributed by atoms with van der Waals surface area (Å²) in [6.45, 7) is 0. The zero-order valence-corrected chi connectivity index (χ0v) is 10.6. The first kappa shape index (κ1) is 14.2. The van der Waals surface area contributed by atoms with E-state index in [1.165, 1.54) is 30.3 Å². The number of nitro benzene ring substituents is 1. The van der Waals surface area contributed by atoms with E-state index in [0.29, 0.717) is 5.56 Å². The number of benzene rings is 1. The summed E-state index contributed by atoms with van der Waals surface area (Å²) in [5, 5.41) is 27.5. The first-order chi connectivity index (χ1) is 9.95. The lowest BCUT2D eigenvalue weighted by Gasteiger charge is -2.01. The molecule has 0 fully saturated rings. The molecule has 1 aromatic carbocycles. The highest BCUT2D eigenvalue weighted by Gasteiger charge is 2.11. The van der Waals surface area contributed by atoms with Crippen LogP contribution in [0.15, 0.2) is 30.3 Å². The molecule has 9 nitrogen and oxygen atoms in total. The molecule has 1 heterocycles. The number of carboxylic acids is 1. The molecule has 2 aromatic rings. The molecule has 0 unspecified atom stereocenters. The van der Waals surface area contributed by atoms with Gasteiger partial charge in [-0.05, 0) is 5.56 Å². The van der Waals surface area contributed by atoms with Crippen molar-refractivity contribution < 1.29 is 19.6 Å². The fourth-order valence-corrected chi connectivity index (χ4v) is 1.60. The zero-order chi connectivity index (χ0) is 15.4. The van der Waals surface area contributed by atoms with Crippen LogP contribution in [0.1, 0.15) is 16.1 Å². The van der Waals surface area contributed by atoms with Gasteiger partial charge in [-0.2, -0.15) is 5.10 Å². The van der Waals surface area contributed by atoms with Gasteiger partial charge in [0.2, 0.25) is 5.91 Å². The number of carbonyl (C=O) groups is 2. The van der Waals surface area contributed by atoms with Gasteiger partial charge in [-0.1, -0.05) is 12.1 Å². The largest absolute Gasteiger partial charge is 0.477 e. The minimum Gasteiger partial charge on any atom is -0.477 e. The topological polar surface area (TPSA) is 138 Å². The van der Waals surface area contributed by atoms with Gasteiger partial charge >= 0.3 is 5.97 Å². The van der Waals surface area contributed by atoms with Crippen molar-refractivity contribution in [2.45, 2.75) is 6.42 Å². The number of carboxylic acid groups (broad SMARTS) is 1. The third-order valence-electron chi connectivity index (χ3n) is 2.59. The number of aromatic amines is 1. The Morgan fingerprint density at radius 2 is 2.00 bits per heavy atom. The molecule has 108 valence electrons. The number of aromatic nitrogens is 2. The minimum atomic E-state index is -1.18. The number of nitrogens with one attached hydrogen (secondary N) is 2. The number of anilines is 1. The maximum atomic E-state index is 11.7. The summed E-state index contributed by atoms with van der Waals surface area (Å²) in [6.07, 6.45) is -0.00669. The van der Waals surface area contributed by atoms with E-state index in [0.717, 1.165) is 0 Å². The van der Waals surface area contributed by atoms with E-state index in [4.69, 9.17) is 5.11 Å². The van der Waals surface area contributed by atoms with Crippen LogP contribution >= 0.6 is 0 Å². The number of non-ortho nitro benzene ring substituents is 1. The predicted octanol–water partition coefficient (Wildman–Crippen LogP) is 1.20. The van der Waals surface area contributed by atoms with Crippen molar-refractivity contribution in [1.29, 1.82) is 0 Å². The smallest absolute Gasteiger partial charge is 0.353 e. The molecule has 0 radical (unpaired) electrons. The fraction of sp³-hybridized carbons (Fsp3) is 0.0833. The zero-order valence-electron chi connectivity index (χ0n) is 10.6. The van der Waals surface area contributed by atoms with Crippen LogP contribution in [0.4, 0.5) is 11.5 Å². The van der Waals surface area contributed by atoms with Crippen molar-refractivity contribution in [3.63, 3.8) is 0 Å². The molecule has 1 amide bonds. The second-order valence-corrected chi connectivity index (χ2v) is 4.12. The van der Waals surface area contributed by atoms with Gasteiger partial charge in [0.1, 0.15) is 5.69 Å². The average Bonchev–Trinajstić information content (AvgIpc) is 2.87. The lowest BCUT2D eigenvalue weighted by molar-refractivity contribution is -0.384. The molecule has 0 aliphatic heterocycles. The Balaban J connectivity index is 1.97. The van der Waals surface area contributed by atoms with Gasteiger partial charge < -0.3 is 10.4 Å². The van der Waals surface area contributed by atoms with E-state index >= 15 is 0 Å². The van der Waals surface area contributed by atoms with Crippen molar-refractivity contribution in [1.82, 2.24) is 10.2 Å². The molecule has 0 saturated heterocycles. The highest BCUT2D eigenvalue weighted by molar-refractivity contribution is 5.93. The molecule has 21 heavy (non-hydrogen) atoms. The van der Waals surface area contributed by atoms with E-state index < -0.39 is 16.8 Å². The summed E-state index contributed by atoms with van der Waals surface area (Å²) in [4.78, 5) is 32.3. The molecular formula is C12H10N4O5. The van der Waals surface area contributed by atoms with Gasteiger partial charge in [-0.15, -0.1) is 0 Å². The molecule has 1 aromatic heterocycles. The summed E-state index contributed by atoms with van der Waals surface area (Å²) in [6, 6.07) is 6.76. The van der Waals surface area contributed by atoms with Crippen LogP contribution in [0.5, 0.6) is 0 Å². The SMILES string of the molecule is O=C(Cc1ccc([N+](=O)[O-])cc1)Nc1cc(C(=O)O)[nH]n1. The number of amides is 1. The lowest BCUT2D eigenvalue weighted by atomic mass is 10.1. The minimum absolute atomic E-state index is 0.00669. The van der Waals surface area contributed by atoms with Gasteiger partial charge in [-0.25, -0.2) is 4.79 Å². The van der Waals surface area contributed by atoms with Crippen LogP contribution < -0.4 is 5.32 Å². The Kier molecular flexibility index (Phi) is 3.93. The van der Waals surface area contributed by atoms with Gasteiger partial charge in [0.15, 0.2) is 5.82 Å².